The molecule has 188 valence electrons. The predicted molar refractivity (Wildman–Crippen MR) is 129 cm³/mol. The zero-order valence-electron chi connectivity index (χ0n) is 20.3. The third-order valence-corrected chi connectivity index (χ3v) is 7.85. The Morgan fingerprint density at radius 3 is 2.71 bits per heavy atom. The van der Waals surface area contributed by atoms with Gasteiger partial charge in [0.2, 0.25) is 5.89 Å². The van der Waals surface area contributed by atoms with Crippen molar-refractivity contribution in [2.45, 2.75) is 108 Å². The lowest BCUT2D eigenvalue weighted by atomic mass is 9.77. The highest BCUT2D eigenvalue weighted by atomic mass is 16.5. The summed E-state index contributed by atoms with van der Waals surface area (Å²) in [5.74, 6) is 0.936. The first-order chi connectivity index (χ1) is 16.6. The van der Waals surface area contributed by atoms with Crippen LogP contribution in [0, 0.1) is 11.8 Å². The minimum Gasteiger partial charge on any atom is -0.481 e. The largest absolute Gasteiger partial charge is 0.481 e. The number of aromatic nitrogens is 1. The number of aliphatic carboxylic acids is 1. The Bertz CT molecular complexity index is 829. The third kappa shape index (κ3) is 6.71. The predicted octanol–water partition coefficient (Wildman–Crippen LogP) is 5.62. The van der Waals surface area contributed by atoms with Crippen LogP contribution in [-0.2, 0) is 9.53 Å². The van der Waals surface area contributed by atoms with E-state index in [0.29, 0.717) is 24.6 Å². The van der Waals surface area contributed by atoms with E-state index in [1.54, 1.807) is 0 Å². The van der Waals surface area contributed by atoms with Crippen LogP contribution >= 0.6 is 0 Å². The molecule has 2 saturated heterocycles. The Hall–Kier alpha value is -2.15. The zero-order chi connectivity index (χ0) is 23.8. The van der Waals surface area contributed by atoms with Crippen LogP contribution < -0.4 is 5.32 Å². The molecule has 2 aliphatic heterocycles. The van der Waals surface area contributed by atoms with Crippen LogP contribution in [0.2, 0.25) is 0 Å². The van der Waals surface area contributed by atoms with Crippen molar-refractivity contribution in [3.8, 4) is 0 Å². The molecule has 4 rings (SSSR count). The van der Waals surface area contributed by atoms with Crippen LogP contribution in [0.15, 0.2) is 22.8 Å². The van der Waals surface area contributed by atoms with Crippen molar-refractivity contribution < 1.29 is 23.8 Å². The molecule has 0 spiro atoms. The highest BCUT2D eigenvalue weighted by Gasteiger charge is 2.51. The number of hydrogen-bond donors (Lipinski definition) is 2. The average Bonchev–Trinajstić information content (AvgIpc) is 3.58. The molecular formula is C27H40N2O5. The van der Waals surface area contributed by atoms with E-state index < -0.39 is 5.97 Å². The van der Waals surface area contributed by atoms with Gasteiger partial charge in [-0.3, -0.25) is 9.59 Å². The number of oxazole rings is 1. The van der Waals surface area contributed by atoms with Crippen LogP contribution in [0.4, 0.5) is 0 Å². The van der Waals surface area contributed by atoms with Gasteiger partial charge in [0.1, 0.15) is 6.26 Å². The number of rotatable bonds is 13. The van der Waals surface area contributed by atoms with Gasteiger partial charge in [0, 0.05) is 18.9 Å². The summed E-state index contributed by atoms with van der Waals surface area (Å²) >= 11 is 0. The molecule has 7 nitrogen and oxygen atoms in total. The lowest BCUT2D eigenvalue weighted by molar-refractivity contribution is -0.137. The van der Waals surface area contributed by atoms with E-state index in [1.165, 1.54) is 51.2 Å². The third-order valence-electron chi connectivity index (χ3n) is 7.85. The van der Waals surface area contributed by atoms with Crippen LogP contribution in [-0.4, -0.2) is 40.7 Å². The summed E-state index contributed by atoms with van der Waals surface area (Å²) < 4.78 is 12.0. The first kappa shape index (κ1) is 25.0. The van der Waals surface area contributed by atoms with Gasteiger partial charge in [0.25, 0.3) is 5.91 Å². The second-order valence-corrected chi connectivity index (χ2v) is 10.3. The fraction of sp³-hybridized carbons (Fsp3) is 0.741. The highest BCUT2D eigenvalue weighted by molar-refractivity contribution is 5.91. The first-order valence-corrected chi connectivity index (χ1v) is 13.4. The molecule has 2 N–H and O–H groups in total. The second-order valence-electron chi connectivity index (χ2n) is 10.3. The lowest BCUT2D eigenvalue weighted by Gasteiger charge is -2.24. The van der Waals surface area contributed by atoms with Crippen molar-refractivity contribution in [2.24, 2.45) is 11.8 Å². The normalized spacial score (nSPS) is 26.9. The number of ether oxygens (including phenoxy) is 1. The fourth-order valence-electron chi connectivity index (χ4n) is 6.03. The summed E-state index contributed by atoms with van der Waals surface area (Å²) in [4.78, 5) is 27.8. The van der Waals surface area contributed by atoms with Gasteiger partial charge in [-0.2, -0.15) is 0 Å². The van der Waals surface area contributed by atoms with E-state index in [2.05, 4.69) is 22.5 Å². The quantitative estimate of drug-likeness (QED) is 0.285. The maximum Gasteiger partial charge on any atom is 0.303 e. The molecule has 7 heteroatoms. The van der Waals surface area contributed by atoms with E-state index in [0.717, 1.165) is 38.0 Å². The standard InChI is InChI=1S/C27H40N2O5/c30-24(31)14-7-2-1-6-13-20-22-15-16-23(34-22)25(20)27-29-21(18-33-27)26(32)28-17-9-8-12-19-10-4-3-5-11-19/h1,6,18-20,22-23,25H,2-5,7-17H2,(H,28,32)(H,30,31). The summed E-state index contributed by atoms with van der Waals surface area (Å²) in [6.45, 7) is 0.681. The molecule has 3 aliphatic rings. The number of fused-ring (bicyclic) bond motifs is 2. The first-order valence-electron chi connectivity index (χ1n) is 13.4. The molecule has 1 aromatic heterocycles. The van der Waals surface area contributed by atoms with Crippen molar-refractivity contribution in [1.29, 1.82) is 0 Å². The monoisotopic (exact) mass is 472 g/mol. The van der Waals surface area contributed by atoms with Crippen LogP contribution in [0.25, 0.3) is 0 Å². The molecule has 4 atom stereocenters. The molecule has 1 amide bonds. The van der Waals surface area contributed by atoms with Gasteiger partial charge in [-0.25, -0.2) is 4.98 Å². The molecule has 3 fully saturated rings. The number of unbranched alkanes of at least 4 members (excludes halogenated alkanes) is 2. The number of nitrogens with one attached hydrogen (secondary N) is 1. The Labute approximate surface area is 202 Å². The number of hydrogen-bond acceptors (Lipinski definition) is 5. The van der Waals surface area contributed by atoms with Gasteiger partial charge in [0.15, 0.2) is 5.69 Å². The summed E-state index contributed by atoms with van der Waals surface area (Å²) in [6, 6.07) is 0. The van der Waals surface area contributed by atoms with Gasteiger partial charge >= 0.3 is 5.97 Å². The minimum absolute atomic E-state index is 0.0689. The summed E-state index contributed by atoms with van der Waals surface area (Å²) in [5, 5.41) is 11.8. The Balaban J connectivity index is 1.22. The number of carbonyl (C=O) groups excluding carboxylic acids is 1. The number of carbonyl (C=O) groups is 2. The molecule has 0 aromatic carbocycles. The number of nitrogens with zero attached hydrogens (tertiary/aromatic N) is 1. The van der Waals surface area contributed by atoms with Crippen molar-refractivity contribution >= 4 is 11.9 Å². The topological polar surface area (TPSA) is 102 Å². The fourth-order valence-corrected chi connectivity index (χ4v) is 6.03. The summed E-state index contributed by atoms with van der Waals surface area (Å²) in [6.07, 6.45) is 20.9. The summed E-state index contributed by atoms with van der Waals surface area (Å²) in [5.41, 5.74) is 0.355. The summed E-state index contributed by atoms with van der Waals surface area (Å²) in [7, 11) is 0. The van der Waals surface area contributed by atoms with Gasteiger partial charge in [0.05, 0.1) is 18.1 Å². The van der Waals surface area contributed by atoms with E-state index >= 15 is 0 Å². The highest BCUT2D eigenvalue weighted by Crippen LogP contribution is 2.50. The van der Waals surface area contributed by atoms with E-state index in [4.69, 9.17) is 14.3 Å². The van der Waals surface area contributed by atoms with Gasteiger partial charge < -0.3 is 19.6 Å². The Kier molecular flexibility index (Phi) is 9.19. The molecule has 3 heterocycles. The maximum absolute atomic E-state index is 12.6. The molecular weight excluding hydrogens is 432 g/mol. The zero-order valence-corrected chi connectivity index (χ0v) is 20.3. The molecule has 1 aromatic rings. The molecule has 34 heavy (non-hydrogen) atoms. The molecule has 2 bridgehead atoms. The smallest absolute Gasteiger partial charge is 0.303 e. The lowest BCUT2D eigenvalue weighted by Crippen LogP contribution is -2.27. The van der Waals surface area contributed by atoms with Gasteiger partial charge in [-0.1, -0.05) is 57.1 Å². The van der Waals surface area contributed by atoms with E-state index in [-0.39, 0.29) is 36.4 Å². The van der Waals surface area contributed by atoms with Gasteiger partial charge in [-0.15, -0.1) is 0 Å². The molecule has 0 radical (unpaired) electrons. The SMILES string of the molecule is O=C(O)CCCC=CCC1C2CCC(O2)C1c1nc(C(=O)NCCCCC2CCCCC2)co1. The minimum atomic E-state index is -0.752. The number of amides is 1. The van der Waals surface area contributed by atoms with Crippen LogP contribution in [0.1, 0.15) is 112 Å². The van der Waals surface area contributed by atoms with Crippen molar-refractivity contribution in [3.63, 3.8) is 0 Å². The molecule has 1 aliphatic carbocycles. The number of carboxylic acids is 1. The Morgan fingerprint density at radius 2 is 1.88 bits per heavy atom. The van der Waals surface area contributed by atoms with Crippen molar-refractivity contribution in [1.82, 2.24) is 10.3 Å². The van der Waals surface area contributed by atoms with Crippen LogP contribution in [0.3, 0.4) is 0 Å². The Morgan fingerprint density at radius 1 is 1.06 bits per heavy atom. The molecule has 1 saturated carbocycles. The number of allylic oxidation sites excluding steroid dienone is 2. The maximum atomic E-state index is 12.6. The second kappa shape index (κ2) is 12.5. The van der Waals surface area contributed by atoms with Crippen molar-refractivity contribution in [2.75, 3.05) is 6.54 Å². The van der Waals surface area contributed by atoms with Crippen molar-refractivity contribution in [3.05, 3.63) is 30.0 Å². The molecule has 4 unspecified atom stereocenters. The van der Waals surface area contributed by atoms with Crippen LogP contribution in [0.5, 0.6) is 0 Å². The average molecular weight is 473 g/mol. The number of carboxylic acid groups (broad SMARTS) is 1. The van der Waals surface area contributed by atoms with E-state index in [1.807, 2.05) is 0 Å². The van der Waals surface area contributed by atoms with E-state index in [9.17, 15) is 9.59 Å². The van der Waals surface area contributed by atoms with Gasteiger partial charge in [-0.05, 0) is 44.4 Å².